The van der Waals surface area contributed by atoms with Crippen LogP contribution in [-0.2, 0) is 6.18 Å². The minimum absolute atomic E-state index is 0.0918. The molecule has 0 aliphatic carbocycles. The second-order valence-electron chi connectivity index (χ2n) is 4.78. The number of hydrogen-bond donors (Lipinski definition) is 1. The largest absolute Gasteiger partial charge is 0.435 e. The predicted octanol–water partition coefficient (Wildman–Crippen LogP) is 4.89. The van der Waals surface area contributed by atoms with Gasteiger partial charge in [0.05, 0.1) is 5.01 Å². The molecule has 0 saturated heterocycles. The fraction of sp³-hybridized carbons (Fsp3) is 0.143. The quantitative estimate of drug-likeness (QED) is 0.674. The van der Waals surface area contributed by atoms with E-state index in [9.17, 15) is 18.0 Å². The van der Waals surface area contributed by atoms with Gasteiger partial charge >= 0.3 is 6.18 Å². The Hall–Kier alpha value is -2.04. The first kappa shape index (κ1) is 17.8. The zero-order chi connectivity index (χ0) is 18.2. The van der Waals surface area contributed by atoms with Crippen LogP contribution < -0.4 is 5.32 Å². The van der Waals surface area contributed by atoms with Gasteiger partial charge in [0.15, 0.2) is 5.69 Å². The number of nitrogens with one attached hydrogen (secondary N) is 1. The van der Waals surface area contributed by atoms with Gasteiger partial charge in [-0.1, -0.05) is 35.1 Å². The van der Waals surface area contributed by atoms with E-state index < -0.39 is 22.7 Å². The van der Waals surface area contributed by atoms with E-state index in [1.54, 1.807) is 24.3 Å². The first-order valence-electron chi connectivity index (χ1n) is 6.69. The number of carbonyl (C=O) groups excluding carboxylic acids is 1. The Morgan fingerprint density at radius 2 is 1.84 bits per heavy atom. The number of benzene rings is 1. The van der Waals surface area contributed by atoms with E-state index in [-0.39, 0.29) is 10.1 Å². The molecule has 0 aliphatic heterocycles. The minimum atomic E-state index is -4.70. The lowest BCUT2D eigenvalue weighted by Crippen LogP contribution is -2.17. The topological polar surface area (TPSA) is 67.8 Å². The summed E-state index contributed by atoms with van der Waals surface area (Å²) >= 11 is 7.52. The number of thiazole rings is 1. The highest BCUT2D eigenvalue weighted by Crippen LogP contribution is 2.35. The molecule has 2 aromatic heterocycles. The molecule has 130 valence electrons. The number of hydrogen-bond acceptors (Lipinski definition) is 6. The van der Waals surface area contributed by atoms with E-state index in [0.29, 0.717) is 21.4 Å². The Morgan fingerprint density at radius 1 is 1.16 bits per heavy atom. The van der Waals surface area contributed by atoms with E-state index >= 15 is 0 Å². The third-order valence-electron chi connectivity index (χ3n) is 2.95. The Labute approximate surface area is 152 Å². The van der Waals surface area contributed by atoms with Gasteiger partial charge in [-0.15, -0.1) is 21.5 Å². The maximum Gasteiger partial charge on any atom is 0.435 e. The number of carbonyl (C=O) groups is 1. The summed E-state index contributed by atoms with van der Waals surface area (Å²) in [6, 6.07) is 6.80. The maximum atomic E-state index is 12.9. The summed E-state index contributed by atoms with van der Waals surface area (Å²) in [7, 11) is 0. The average Bonchev–Trinajstić information content (AvgIpc) is 3.14. The van der Waals surface area contributed by atoms with E-state index in [4.69, 9.17) is 11.6 Å². The Kier molecular flexibility index (Phi) is 4.76. The highest BCUT2D eigenvalue weighted by atomic mass is 35.5. The number of aromatic nitrogens is 3. The lowest BCUT2D eigenvalue weighted by Gasteiger charge is -2.05. The lowest BCUT2D eigenvalue weighted by molar-refractivity contribution is -0.141. The van der Waals surface area contributed by atoms with Crippen LogP contribution in [0.25, 0.3) is 10.6 Å². The molecule has 1 aromatic carbocycles. The fourth-order valence-corrected chi connectivity index (χ4v) is 3.61. The summed E-state index contributed by atoms with van der Waals surface area (Å²) in [6.45, 7) is 1.40. The summed E-state index contributed by atoms with van der Waals surface area (Å²) < 4.78 is 38.8. The van der Waals surface area contributed by atoms with Gasteiger partial charge in [-0.25, -0.2) is 4.98 Å². The van der Waals surface area contributed by atoms with Gasteiger partial charge in [0.2, 0.25) is 5.13 Å². The third kappa shape index (κ3) is 3.97. The van der Waals surface area contributed by atoms with Crippen molar-refractivity contribution in [2.24, 2.45) is 0 Å². The monoisotopic (exact) mass is 404 g/mol. The SMILES string of the molecule is Cc1nc(C(F)(F)F)c(C(=O)Nc2nnc(-c3ccc(Cl)cc3)s2)s1. The van der Waals surface area contributed by atoms with E-state index in [0.717, 1.165) is 16.9 Å². The van der Waals surface area contributed by atoms with Crippen LogP contribution >= 0.6 is 34.3 Å². The van der Waals surface area contributed by atoms with Crippen LogP contribution in [0.15, 0.2) is 24.3 Å². The number of halogens is 4. The van der Waals surface area contributed by atoms with Crippen molar-refractivity contribution in [1.82, 2.24) is 15.2 Å². The number of rotatable bonds is 3. The molecule has 0 saturated carbocycles. The smallest absolute Gasteiger partial charge is 0.296 e. The van der Waals surface area contributed by atoms with Crippen LogP contribution in [0.4, 0.5) is 18.3 Å². The third-order valence-corrected chi connectivity index (χ3v) is 5.05. The molecule has 1 N–H and O–H groups in total. The number of nitrogens with zero attached hydrogens (tertiary/aromatic N) is 3. The van der Waals surface area contributed by atoms with Crippen LogP contribution in [0.5, 0.6) is 0 Å². The molecular weight excluding hydrogens is 397 g/mol. The number of amides is 1. The number of aryl methyl sites for hydroxylation is 1. The van der Waals surface area contributed by atoms with Gasteiger partial charge in [0.1, 0.15) is 9.88 Å². The van der Waals surface area contributed by atoms with Crippen molar-refractivity contribution in [3.63, 3.8) is 0 Å². The second-order valence-corrected chi connectivity index (χ2v) is 7.40. The van der Waals surface area contributed by atoms with Crippen molar-refractivity contribution in [2.45, 2.75) is 13.1 Å². The first-order chi connectivity index (χ1) is 11.7. The highest BCUT2D eigenvalue weighted by molar-refractivity contribution is 7.18. The van der Waals surface area contributed by atoms with E-state index in [1.165, 1.54) is 6.92 Å². The van der Waals surface area contributed by atoms with Crippen LogP contribution in [-0.4, -0.2) is 21.1 Å². The van der Waals surface area contributed by atoms with Crippen molar-refractivity contribution in [3.05, 3.63) is 44.9 Å². The molecule has 0 fully saturated rings. The Bertz CT molecular complexity index is 921. The minimum Gasteiger partial charge on any atom is -0.296 e. The molecule has 2 heterocycles. The molecule has 0 spiro atoms. The Balaban J connectivity index is 1.82. The molecule has 25 heavy (non-hydrogen) atoms. The molecule has 0 radical (unpaired) electrons. The van der Waals surface area contributed by atoms with E-state index in [2.05, 4.69) is 20.5 Å². The van der Waals surface area contributed by atoms with Crippen molar-refractivity contribution < 1.29 is 18.0 Å². The first-order valence-corrected chi connectivity index (χ1v) is 8.70. The second kappa shape index (κ2) is 6.70. The summed E-state index contributed by atoms with van der Waals surface area (Å²) in [5.74, 6) is -0.920. The van der Waals surface area contributed by atoms with Gasteiger partial charge in [0, 0.05) is 10.6 Å². The zero-order valence-electron chi connectivity index (χ0n) is 12.4. The van der Waals surface area contributed by atoms with Gasteiger partial charge in [-0.3, -0.25) is 10.1 Å². The van der Waals surface area contributed by atoms with Gasteiger partial charge in [-0.05, 0) is 19.1 Å². The zero-order valence-corrected chi connectivity index (χ0v) is 14.8. The van der Waals surface area contributed by atoms with Crippen molar-refractivity contribution in [1.29, 1.82) is 0 Å². The van der Waals surface area contributed by atoms with E-state index in [1.807, 2.05) is 0 Å². The Morgan fingerprint density at radius 3 is 2.48 bits per heavy atom. The summed E-state index contributed by atoms with van der Waals surface area (Å²) in [5.41, 5.74) is -0.470. The number of alkyl halides is 3. The molecule has 5 nitrogen and oxygen atoms in total. The van der Waals surface area contributed by atoms with Crippen LogP contribution in [0.2, 0.25) is 5.02 Å². The molecule has 0 bridgehead atoms. The normalized spacial score (nSPS) is 11.6. The summed E-state index contributed by atoms with van der Waals surface area (Å²) in [6.07, 6.45) is -4.70. The van der Waals surface area contributed by atoms with Crippen molar-refractivity contribution in [2.75, 3.05) is 5.32 Å². The highest BCUT2D eigenvalue weighted by Gasteiger charge is 2.39. The van der Waals surface area contributed by atoms with Crippen molar-refractivity contribution >= 4 is 45.3 Å². The maximum absolute atomic E-state index is 12.9. The standard InChI is InChI=1S/C14H8ClF3N4OS2/c1-6-19-10(14(16,17)18)9(24-6)11(23)20-13-22-21-12(25-13)7-2-4-8(15)5-3-7/h2-5H,1H3,(H,20,22,23). The average molecular weight is 405 g/mol. The van der Waals surface area contributed by atoms with Gasteiger partial charge in [-0.2, -0.15) is 13.2 Å². The fourth-order valence-electron chi connectivity index (χ4n) is 1.91. The molecular formula is C14H8ClF3N4OS2. The van der Waals surface area contributed by atoms with Crippen LogP contribution in [0, 0.1) is 6.92 Å². The molecule has 1 amide bonds. The number of anilines is 1. The molecule has 0 atom stereocenters. The predicted molar refractivity (Wildman–Crippen MR) is 90.2 cm³/mol. The molecule has 3 rings (SSSR count). The lowest BCUT2D eigenvalue weighted by atomic mass is 10.2. The molecule has 0 unspecified atom stereocenters. The summed E-state index contributed by atoms with van der Waals surface area (Å²) in [4.78, 5) is 15.1. The molecule has 0 aliphatic rings. The van der Waals surface area contributed by atoms with Crippen LogP contribution in [0.1, 0.15) is 20.4 Å². The van der Waals surface area contributed by atoms with Crippen molar-refractivity contribution in [3.8, 4) is 10.6 Å². The molecule has 3 aromatic rings. The van der Waals surface area contributed by atoms with Gasteiger partial charge in [0.25, 0.3) is 5.91 Å². The summed E-state index contributed by atoms with van der Waals surface area (Å²) in [5, 5.41) is 11.3. The van der Waals surface area contributed by atoms with Crippen LogP contribution in [0.3, 0.4) is 0 Å². The molecule has 11 heteroatoms. The van der Waals surface area contributed by atoms with Gasteiger partial charge < -0.3 is 0 Å².